The first kappa shape index (κ1) is 29.7. The Bertz CT molecular complexity index is 1400. The third-order valence-electron chi connectivity index (χ3n) is 5.69. The van der Waals surface area contributed by atoms with E-state index >= 15 is 0 Å². The fourth-order valence-corrected chi connectivity index (χ4v) is 4.99. The van der Waals surface area contributed by atoms with E-state index in [1.54, 1.807) is 24.3 Å². The number of unbranched alkanes of at least 4 members (excludes halogenated alkanes) is 1. The topological polar surface area (TPSA) is 147 Å². The summed E-state index contributed by atoms with van der Waals surface area (Å²) in [5.41, 5.74) is 1.08. The number of anilines is 2. The third-order valence-corrected chi connectivity index (χ3v) is 7.04. The van der Waals surface area contributed by atoms with Gasteiger partial charge in [0.05, 0.1) is 18.4 Å². The van der Waals surface area contributed by atoms with Gasteiger partial charge in [-0.25, -0.2) is 32.3 Å². The van der Waals surface area contributed by atoms with Crippen molar-refractivity contribution in [1.82, 2.24) is 24.6 Å². The summed E-state index contributed by atoms with van der Waals surface area (Å²) >= 11 is 0. The number of amides is 1. The molecule has 0 aliphatic heterocycles. The lowest BCUT2D eigenvalue weighted by Gasteiger charge is -2.33. The Labute approximate surface area is 227 Å². The molecular formula is C26H33FN6O5S. The van der Waals surface area contributed by atoms with Gasteiger partial charge in [0, 0.05) is 30.4 Å². The van der Waals surface area contributed by atoms with Crippen LogP contribution in [0.1, 0.15) is 39.2 Å². The van der Waals surface area contributed by atoms with Gasteiger partial charge in [0.15, 0.2) is 5.82 Å². The van der Waals surface area contributed by atoms with E-state index < -0.39 is 27.5 Å². The van der Waals surface area contributed by atoms with Crippen molar-refractivity contribution in [1.29, 1.82) is 0 Å². The van der Waals surface area contributed by atoms with Gasteiger partial charge in [-0.05, 0) is 63.4 Å². The highest BCUT2D eigenvalue weighted by Gasteiger charge is 2.25. The molecule has 0 atom stereocenters. The molecule has 2 aromatic carbocycles. The highest BCUT2D eigenvalue weighted by Crippen LogP contribution is 2.28. The monoisotopic (exact) mass is 560 g/mol. The number of halogens is 1. The number of hydrogen-bond acceptors (Lipinski definition) is 8. The summed E-state index contributed by atoms with van der Waals surface area (Å²) in [5.74, 6) is 0.0902. The number of sulfonamides is 1. The van der Waals surface area contributed by atoms with Crippen LogP contribution >= 0.6 is 0 Å². The second kappa shape index (κ2) is 12.8. The van der Waals surface area contributed by atoms with E-state index in [2.05, 4.69) is 25.0 Å². The van der Waals surface area contributed by atoms with E-state index in [9.17, 15) is 22.7 Å². The van der Waals surface area contributed by atoms with Crippen LogP contribution in [0.2, 0.25) is 0 Å². The molecule has 210 valence electrons. The maximum Gasteiger partial charge on any atom is 0.407 e. The molecule has 1 heterocycles. The van der Waals surface area contributed by atoms with E-state index in [0.717, 1.165) is 0 Å². The van der Waals surface area contributed by atoms with Crippen molar-refractivity contribution in [3.05, 3.63) is 60.2 Å². The summed E-state index contributed by atoms with van der Waals surface area (Å²) in [6.07, 6.45) is 1.34. The van der Waals surface area contributed by atoms with Crippen LogP contribution in [0.4, 0.5) is 20.8 Å². The van der Waals surface area contributed by atoms with Gasteiger partial charge in [-0.2, -0.15) is 4.98 Å². The number of hydrogen-bond donors (Lipinski definition) is 3. The van der Waals surface area contributed by atoms with E-state index in [4.69, 9.17) is 4.74 Å². The minimum atomic E-state index is -3.62. The molecule has 0 aliphatic rings. The Morgan fingerprint density at radius 2 is 1.90 bits per heavy atom. The molecule has 11 nitrogen and oxygen atoms in total. The first-order chi connectivity index (χ1) is 18.4. The number of carbonyl (C=O) groups is 1. The third kappa shape index (κ3) is 8.86. The van der Waals surface area contributed by atoms with Gasteiger partial charge in [0.1, 0.15) is 17.9 Å². The highest BCUT2D eigenvalue weighted by atomic mass is 32.2. The second-order valence-electron chi connectivity index (χ2n) is 9.77. The second-order valence-corrected chi connectivity index (χ2v) is 11.6. The van der Waals surface area contributed by atoms with E-state index in [0.29, 0.717) is 36.2 Å². The molecule has 3 rings (SSSR count). The van der Waals surface area contributed by atoms with Gasteiger partial charge in [0.25, 0.3) is 0 Å². The number of nitrogens with zero attached hydrogens (tertiary/aromatic N) is 4. The molecule has 0 unspecified atom stereocenters. The number of rotatable bonds is 12. The normalized spacial score (nSPS) is 11.7. The van der Waals surface area contributed by atoms with Crippen molar-refractivity contribution >= 4 is 27.8 Å². The van der Waals surface area contributed by atoms with Crippen molar-refractivity contribution in [2.45, 2.75) is 44.9 Å². The Morgan fingerprint density at radius 1 is 1.13 bits per heavy atom. The van der Waals surface area contributed by atoms with Gasteiger partial charge < -0.3 is 20.1 Å². The summed E-state index contributed by atoms with van der Waals surface area (Å²) in [5, 5.41) is 12.4. The zero-order valence-corrected chi connectivity index (χ0v) is 23.1. The van der Waals surface area contributed by atoms with E-state index in [-0.39, 0.29) is 29.8 Å². The van der Waals surface area contributed by atoms with Gasteiger partial charge >= 0.3 is 6.09 Å². The molecular weight excluding hydrogens is 527 g/mol. The van der Waals surface area contributed by atoms with Crippen LogP contribution < -0.4 is 14.8 Å². The zero-order valence-electron chi connectivity index (χ0n) is 22.3. The Balaban J connectivity index is 1.59. The smallest absolute Gasteiger partial charge is 0.407 e. The zero-order chi connectivity index (χ0) is 28.6. The summed E-state index contributed by atoms with van der Waals surface area (Å²) in [7, 11) is -2.19. The maximum atomic E-state index is 13.6. The predicted molar refractivity (Wildman–Crippen MR) is 146 cm³/mol. The van der Waals surface area contributed by atoms with Crippen LogP contribution in [0, 0.1) is 5.82 Å². The fourth-order valence-electron chi connectivity index (χ4n) is 3.82. The molecule has 1 amide bonds. The quantitative estimate of drug-likeness (QED) is 0.274. The number of nitrogens with one attached hydrogen (secondary N) is 2. The molecule has 0 aliphatic carbocycles. The SMILES string of the molecule is COc1cc(F)ccc1-c1ncnc(Nc2cccc(CS(=O)(=O)NCCCCN(C(=O)O)C(C)(C)C)c2)n1. The molecule has 1 aromatic heterocycles. The lowest BCUT2D eigenvalue weighted by Crippen LogP contribution is -2.45. The van der Waals surface area contributed by atoms with Gasteiger partial charge in [-0.1, -0.05) is 12.1 Å². The van der Waals surface area contributed by atoms with Crippen molar-refractivity contribution in [2.24, 2.45) is 0 Å². The highest BCUT2D eigenvalue weighted by molar-refractivity contribution is 7.88. The first-order valence-corrected chi connectivity index (χ1v) is 13.9. The standard InChI is InChI=1S/C26H33FN6O5S/c1-26(2,3)33(25(34)35)13-6-5-12-30-39(36,37)16-18-8-7-9-20(14-18)31-24-29-17-28-23(32-24)21-11-10-19(27)15-22(21)38-4/h7-11,14-15,17,30H,5-6,12-13,16H2,1-4H3,(H,34,35)(H,28,29,31,32). The number of benzene rings is 2. The maximum absolute atomic E-state index is 13.6. The largest absolute Gasteiger partial charge is 0.496 e. The fraction of sp³-hybridized carbons (Fsp3) is 0.385. The molecule has 0 saturated heterocycles. The number of aromatic nitrogens is 3. The molecule has 0 saturated carbocycles. The average Bonchev–Trinajstić information content (AvgIpc) is 2.85. The Hall–Kier alpha value is -3.84. The van der Waals surface area contributed by atoms with Crippen molar-refractivity contribution in [3.63, 3.8) is 0 Å². The van der Waals surface area contributed by atoms with Gasteiger partial charge in [-0.3, -0.25) is 0 Å². The molecule has 39 heavy (non-hydrogen) atoms. The lowest BCUT2D eigenvalue weighted by atomic mass is 10.1. The van der Waals surface area contributed by atoms with Gasteiger partial charge in [-0.15, -0.1) is 0 Å². The van der Waals surface area contributed by atoms with Crippen LogP contribution in [0.25, 0.3) is 11.4 Å². The van der Waals surface area contributed by atoms with Crippen LogP contribution in [-0.2, 0) is 15.8 Å². The van der Waals surface area contributed by atoms with Crippen LogP contribution in [0.5, 0.6) is 5.75 Å². The lowest BCUT2D eigenvalue weighted by molar-refractivity contribution is 0.0992. The Kier molecular flexibility index (Phi) is 9.76. The summed E-state index contributed by atoms with van der Waals surface area (Å²) < 4.78 is 46.6. The van der Waals surface area contributed by atoms with Crippen molar-refractivity contribution < 1.29 is 27.4 Å². The number of methoxy groups -OCH3 is 1. The molecule has 3 N–H and O–H groups in total. The summed E-state index contributed by atoms with van der Waals surface area (Å²) in [4.78, 5) is 25.4. The predicted octanol–water partition coefficient (Wildman–Crippen LogP) is 4.41. The Morgan fingerprint density at radius 3 is 2.59 bits per heavy atom. The van der Waals surface area contributed by atoms with Crippen LogP contribution in [-0.4, -0.2) is 65.2 Å². The molecule has 3 aromatic rings. The molecule has 0 fully saturated rings. The average molecular weight is 561 g/mol. The van der Waals surface area contributed by atoms with Crippen molar-refractivity contribution in [3.8, 4) is 17.1 Å². The van der Waals surface area contributed by atoms with E-state index in [1.807, 2.05) is 20.8 Å². The van der Waals surface area contributed by atoms with Gasteiger partial charge in [0.2, 0.25) is 16.0 Å². The number of carboxylic acid groups (broad SMARTS) is 1. The minimum Gasteiger partial charge on any atom is -0.496 e. The molecule has 0 spiro atoms. The number of ether oxygens (including phenoxy) is 1. The van der Waals surface area contributed by atoms with E-state index in [1.165, 1.54) is 36.5 Å². The first-order valence-electron chi connectivity index (χ1n) is 12.2. The summed E-state index contributed by atoms with van der Waals surface area (Å²) in [6.45, 7) is 5.97. The molecule has 13 heteroatoms. The van der Waals surface area contributed by atoms with Crippen molar-refractivity contribution in [2.75, 3.05) is 25.5 Å². The molecule has 0 radical (unpaired) electrons. The van der Waals surface area contributed by atoms with Crippen LogP contribution in [0.15, 0.2) is 48.8 Å². The summed E-state index contributed by atoms with van der Waals surface area (Å²) in [6, 6.07) is 10.9. The minimum absolute atomic E-state index is 0.207. The molecule has 0 bridgehead atoms. The van der Waals surface area contributed by atoms with Crippen LogP contribution in [0.3, 0.4) is 0 Å².